The van der Waals surface area contributed by atoms with Crippen molar-refractivity contribution >= 4 is 23.3 Å². The lowest BCUT2D eigenvalue weighted by atomic mass is 9.94. The summed E-state index contributed by atoms with van der Waals surface area (Å²) in [4.78, 5) is 29.0. The normalized spacial score (nSPS) is 16.8. The van der Waals surface area contributed by atoms with Crippen LogP contribution in [0.15, 0.2) is 42.6 Å². The summed E-state index contributed by atoms with van der Waals surface area (Å²) in [7, 11) is 0. The smallest absolute Gasteiger partial charge is 0.325 e. The molecule has 3 heterocycles. The Morgan fingerprint density at radius 3 is 2.63 bits per heavy atom. The lowest BCUT2D eigenvalue weighted by molar-refractivity contribution is -0.141. The van der Waals surface area contributed by atoms with Crippen molar-refractivity contribution in [2.45, 2.75) is 65.0 Å². The fraction of sp³-hybridized carbons (Fsp3) is 0.429. The zero-order chi connectivity index (χ0) is 24.5. The zero-order valence-electron chi connectivity index (χ0n) is 20.7. The van der Waals surface area contributed by atoms with Crippen molar-refractivity contribution in [1.29, 1.82) is 0 Å². The Morgan fingerprint density at radius 1 is 1.11 bits per heavy atom. The van der Waals surface area contributed by atoms with Gasteiger partial charge in [0.15, 0.2) is 0 Å². The summed E-state index contributed by atoms with van der Waals surface area (Å²) in [5, 5.41) is 4.05. The first-order chi connectivity index (χ1) is 17.0. The predicted octanol–water partition coefficient (Wildman–Crippen LogP) is 5.72. The molecule has 0 bridgehead atoms. The van der Waals surface area contributed by atoms with Crippen molar-refractivity contribution in [2.24, 2.45) is 0 Å². The molecule has 184 valence electrons. The molecule has 0 unspecified atom stereocenters. The number of nitrogens with one attached hydrogen (secondary N) is 1. The molecule has 1 aliphatic carbocycles. The largest absolute Gasteiger partial charge is 0.465 e. The van der Waals surface area contributed by atoms with Crippen LogP contribution in [0.1, 0.15) is 78.4 Å². The molecule has 3 aromatic rings. The lowest BCUT2D eigenvalue weighted by Crippen LogP contribution is -2.44. The Labute approximate surface area is 210 Å². The van der Waals surface area contributed by atoms with E-state index in [9.17, 15) is 9.59 Å². The molecule has 1 aliphatic heterocycles. The first-order valence-electron chi connectivity index (χ1n) is 12.6. The quantitative estimate of drug-likeness (QED) is 0.465. The first kappa shape index (κ1) is 23.7. The summed E-state index contributed by atoms with van der Waals surface area (Å²) in [5.41, 5.74) is 6.05. The van der Waals surface area contributed by atoms with Gasteiger partial charge in [-0.05, 0) is 67.3 Å². The summed E-state index contributed by atoms with van der Waals surface area (Å²) >= 11 is 1.87. The van der Waals surface area contributed by atoms with Crippen LogP contribution >= 0.6 is 11.3 Å². The lowest BCUT2D eigenvalue weighted by Gasteiger charge is -2.31. The Bertz CT molecular complexity index is 1220. The second-order valence-electron chi connectivity index (χ2n) is 9.61. The van der Waals surface area contributed by atoms with Crippen molar-refractivity contribution < 1.29 is 14.3 Å². The molecule has 2 aliphatic rings. The third-order valence-corrected chi connectivity index (χ3v) is 8.38. The number of urea groups is 1. The number of hydrogen-bond donors (Lipinski definition) is 1. The Balaban J connectivity index is 1.59. The summed E-state index contributed by atoms with van der Waals surface area (Å²) < 4.78 is 7.31. The number of amides is 2. The summed E-state index contributed by atoms with van der Waals surface area (Å²) in [5.74, 6) is 0.00929. The topological polar surface area (TPSA) is 63.6 Å². The van der Waals surface area contributed by atoms with Gasteiger partial charge in [-0.25, -0.2) is 4.79 Å². The van der Waals surface area contributed by atoms with Crippen LogP contribution in [0.4, 0.5) is 4.79 Å². The zero-order valence-corrected chi connectivity index (χ0v) is 21.5. The number of ether oxygens (including phenoxy) is 1. The number of thiophene rings is 1. The highest BCUT2D eigenvalue weighted by Crippen LogP contribution is 2.44. The van der Waals surface area contributed by atoms with Gasteiger partial charge in [0.25, 0.3) is 0 Å². The molecule has 0 spiro atoms. The third-order valence-electron chi connectivity index (χ3n) is 7.05. The van der Waals surface area contributed by atoms with Crippen LogP contribution in [0, 0.1) is 0 Å². The number of esters is 1. The Morgan fingerprint density at radius 2 is 1.89 bits per heavy atom. The molecule has 1 atom stereocenters. The second-order valence-corrected chi connectivity index (χ2v) is 10.7. The number of benzene rings is 1. The molecule has 1 aromatic carbocycles. The number of carbonyl (C=O) groups excluding carboxylic acids is 2. The maximum absolute atomic E-state index is 13.7. The van der Waals surface area contributed by atoms with Gasteiger partial charge in [0.05, 0.1) is 24.9 Å². The van der Waals surface area contributed by atoms with Gasteiger partial charge in [0.1, 0.15) is 11.5 Å². The summed E-state index contributed by atoms with van der Waals surface area (Å²) in [6.45, 7) is 6.79. The van der Waals surface area contributed by atoms with Gasteiger partial charge in [-0.3, -0.25) is 4.79 Å². The van der Waals surface area contributed by atoms with Crippen molar-refractivity contribution in [1.82, 2.24) is 14.8 Å². The van der Waals surface area contributed by atoms with Crippen molar-refractivity contribution in [3.8, 4) is 5.00 Å². The van der Waals surface area contributed by atoms with Crippen LogP contribution in [-0.4, -0.2) is 34.6 Å². The first-order valence-corrected chi connectivity index (χ1v) is 13.4. The number of hydrogen-bond acceptors (Lipinski definition) is 4. The number of rotatable bonds is 5. The standard InChI is InChI=1S/C28H33N3O3S/c1-4-34-25(32)16-29-28(33)31-17-22-21-8-5-6-10-24(21)35-27(22)30-15-7-9-23(30)26(31)20-13-11-19(12-14-20)18(2)3/h7,9,11-15,18,26H,4-6,8,10,16-17H2,1-3H3,(H,29,33)/t26-/m0/s1. The highest BCUT2D eigenvalue weighted by atomic mass is 32.1. The van der Waals surface area contributed by atoms with E-state index in [1.54, 1.807) is 6.92 Å². The molecular weight excluding hydrogens is 458 g/mol. The monoisotopic (exact) mass is 491 g/mol. The van der Waals surface area contributed by atoms with Crippen LogP contribution in [0.2, 0.25) is 0 Å². The Hall–Kier alpha value is -3.06. The average molecular weight is 492 g/mol. The molecule has 2 amide bonds. The predicted molar refractivity (Wildman–Crippen MR) is 138 cm³/mol. The number of fused-ring (bicyclic) bond motifs is 5. The van der Waals surface area contributed by atoms with Gasteiger partial charge in [-0.2, -0.15) is 0 Å². The van der Waals surface area contributed by atoms with E-state index in [1.165, 1.54) is 39.4 Å². The highest BCUT2D eigenvalue weighted by molar-refractivity contribution is 7.15. The maximum atomic E-state index is 13.7. The molecule has 6 nitrogen and oxygen atoms in total. The number of nitrogens with zero attached hydrogens (tertiary/aromatic N) is 2. The molecule has 0 fully saturated rings. The molecule has 0 saturated carbocycles. The van der Waals surface area contributed by atoms with Gasteiger partial charge in [0, 0.05) is 16.6 Å². The molecule has 0 saturated heterocycles. The second kappa shape index (κ2) is 9.90. The SMILES string of the molecule is CCOC(=O)CNC(=O)N1Cc2c(sc3c2CCCC3)-n2cccc2[C@@H]1c1ccc(C(C)C)cc1. The van der Waals surface area contributed by atoms with E-state index in [4.69, 9.17) is 4.74 Å². The van der Waals surface area contributed by atoms with Gasteiger partial charge >= 0.3 is 12.0 Å². The van der Waals surface area contributed by atoms with E-state index in [0.717, 1.165) is 24.1 Å². The molecule has 5 rings (SSSR count). The van der Waals surface area contributed by atoms with E-state index in [2.05, 4.69) is 66.3 Å². The van der Waals surface area contributed by atoms with Gasteiger partial charge in [-0.1, -0.05) is 38.1 Å². The van der Waals surface area contributed by atoms with E-state index < -0.39 is 5.97 Å². The fourth-order valence-corrected chi connectivity index (χ4v) is 6.67. The molecule has 0 radical (unpaired) electrons. The molecule has 2 aromatic heterocycles. The van der Waals surface area contributed by atoms with Crippen molar-refractivity contribution in [3.63, 3.8) is 0 Å². The van der Waals surface area contributed by atoms with E-state index >= 15 is 0 Å². The highest BCUT2D eigenvalue weighted by Gasteiger charge is 2.36. The number of carbonyl (C=O) groups is 2. The van der Waals surface area contributed by atoms with Crippen LogP contribution in [0.3, 0.4) is 0 Å². The van der Waals surface area contributed by atoms with Crippen LogP contribution in [0.5, 0.6) is 0 Å². The van der Waals surface area contributed by atoms with Gasteiger partial charge in [-0.15, -0.1) is 11.3 Å². The number of aromatic nitrogens is 1. The molecule has 7 heteroatoms. The maximum Gasteiger partial charge on any atom is 0.325 e. The molecule has 35 heavy (non-hydrogen) atoms. The summed E-state index contributed by atoms with van der Waals surface area (Å²) in [6.07, 6.45) is 6.69. The van der Waals surface area contributed by atoms with Crippen LogP contribution in [-0.2, 0) is 28.9 Å². The Kier molecular flexibility index (Phi) is 6.69. The van der Waals surface area contributed by atoms with Crippen LogP contribution in [0.25, 0.3) is 5.00 Å². The third kappa shape index (κ3) is 4.49. The minimum Gasteiger partial charge on any atom is -0.465 e. The minimum absolute atomic E-state index is 0.141. The van der Waals surface area contributed by atoms with Crippen LogP contribution < -0.4 is 5.32 Å². The minimum atomic E-state index is -0.425. The van der Waals surface area contributed by atoms with Gasteiger partial charge in [0.2, 0.25) is 0 Å². The van der Waals surface area contributed by atoms with Crippen molar-refractivity contribution in [2.75, 3.05) is 13.2 Å². The fourth-order valence-electron chi connectivity index (χ4n) is 5.26. The van der Waals surface area contributed by atoms with E-state index in [0.29, 0.717) is 19.1 Å². The van der Waals surface area contributed by atoms with Gasteiger partial charge < -0.3 is 19.5 Å². The van der Waals surface area contributed by atoms with Crippen molar-refractivity contribution in [3.05, 3.63) is 75.4 Å². The van der Waals surface area contributed by atoms with E-state index in [1.807, 2.05) is 16.2 Å². The molecular formula is C28H33N3O3S. The average Bonchev–Trinajstić information content (AvgIpc) is 3.45. The number of aryl methyl sites for hydroxylation is 1. The molecule has 1 N–H and O–H groups in total. The van der Waals surface area contributed by atoms with E-state index in [-0.39, 0.29) is 18.6 Å². The summed E-state index contributed by atoms with van der Waals surface area (Å²) in [6, 6.07) is 12.2.